The van der Waals surface area contributed by atoms with Gasteiger partial charge in [0.15, 0.2) is 11.5 Å². The van der Waals surface area contributed by atoms with Crippen LogP contribution in [-0.4, -0.2) is 24.1 Å². The number of ether oxygens (including phenoxy) is 2. The molecule has 3 aromatic carbocycles. The van der Waals surface area contributed by atoms with Crippen LogP contribution in [0.25, 0.3) is 20.8 Å². The monoisotopic (exact) mass is 488 g/mol. The van der Waals surface area contributed by atoms with Gasteiger partial charge in [0.05, 0.1) is 23.4 Å². The van der Waals surface area contributed by atoms with E-state index in [0.29, 0.717) is 26.1 Å². The summed E-state index contributed by atoms with van der Waals surface area (Å²) in [7, 11) is 0. The lowest BCUT2D eigenvalue weighted by Crippen LogP contribution is -2.12. The highest BCUT2D eigenvalue weighted by molar-refractivity contribution is 7.21. The highest BCUT2D eigenvalue weighted by atomic mass is 32.1. The predicted molar refractivity (Wildman–Crippen MR) is 145 cm³/mol. The summed E-state index contributed by atoms with van der Waals surface area (Å²) in [4.78, 5) is 17.3. The Morgan fingerprint density at radius 1 is 0.971 bits per heavy atom. The lowest BCUT2D eigenvalue weighted by atomic mass is 10.1. The van der Waals surface area contributed by atoms with Crippen LogP contribution < -0.4 is 14.8 Å². The van der Waals surface area contributed by atoms with Crippen LogP contribution in [0.2, 0.25) is 0 Å². The van der Waals surface area contributed by atoms with Crippen molar-refractivity contribution in [1.82, 2.24) is 4.98 Å². The number of hydrogen-bond donors (Lipinski definition) is 1. The van der Waals surface area contributed by atoms with Crippen LogP contribution in [0.1, 0.15) is 44.2 Å². The summed E-state index contributed by atoms with van der Waals surface area (Å²) in [6, 6.07) is 20.1. The molecular formula is C29H32N2O3S. The second kappa shape index (κ2) is 11.8. The van der Waals surface area contributed by atoms with Gasteiger partial charge in [0.25, 0.3) is 0 Å². The third-order valence-corrected chi connectivity index (χ3v) is 6.73. The lowest BCUT2D eigenvalue weighted by Gasteiger charge is -2.13. The summed E-state index contributed by atoms with van der Waals surface area (Å²) in [5.41, 5.74) is 5.13. The SMILES string of the molecule is CCCCOc1ccc(CCC(=O)Nc2ccc(-c3nc4ccc(C)cc4s3)cc2)cc1OCC. The third kappa shape index (κ3) is 6.61. The first kappa shape index (κ1) is 24.7. The Morgan fingerprint density at radius 3 is 2.57 bits per heavy atom. The number of thiazole rings is 1. The molecule has 1 amide bonds. The molecule has 0 saturated heterocycles. The Kier molecular flexibility index (Phi) is 8.37. The molecule has 0 radical (unpaired) electrons. The summed E-state index contributed by atoms with van der Waals surface area (Å²) in [6.07, 6.45) is 3.11. The molecule has 35 heavy (non-hydrogen) atoms. The Bertz CT molecular complexity index is 1280. The summed E-state index contributed by atoms with van der Waals surface area (Å²) in [6.45, 7) is 7.43. The van der Waals surface area contributed by atoms with Gasteiger partial charge in [-0.2, -0.15) is 0 Å². The number of benzene rings is 3. The standard InChI is InChI=1S/C29H32N2O3S/c1-4-6-17-34-25-15-8-21(19-26(25)33-5-2)9-16-28(32)30-23-12-10-22(11-13-23)29-31-24-14-7-20(3)18-27(24)35-29/h7-8,10-15,18-19H,4-6,9,16-17H2,1-3H3,(H,30,32). The van der Waals surface area contributed by atoms with Gasteiger partial charge in [0.1, 0.15) is 5.01 Å². The van der Waals surface area contributed by atoms with Crippen LogP contribution in [0.5, 0.6) is 11.5 Å². The molecule has 0 bridgehead atoms. The number of fused-ring (bicyclic) bond motifs is 1. The van der Waals surface area contributed by atoms with Crippen molar-refractivity contribution in [2.24, 2.45) is 0 Å². The average molecular weight is 489 g/mol. The van der Waals surface area contributed by atoms with Crippen molar-refractivity contribution in [3.05, 3.63) is 71.8 Å². The zero-order valence-corrected chi connectivity index (χ0v) is 21.4. The molecule has 0 atom stereocenters. The maximum Gasteiger partial charge on any atom is 0.224 e. The Hall–Kier alpha value is -3.38. The number of anilines is 1. The van der Waals surface area contributed by atoms with E-state index in [0.717, 1.165) is 51.7 Å². The number of nitrogens with one attached hydrogen (secondary N) is 1. The van der Waals surface area contributed by atoms with Gasteiger partial charge in [0, 0.05) is 17.7 Å². The number of aryl methyl sites for hydroxylation is 2. The van der Waals surface area contributed by atoms with E-state index in [9.17, 15) is 4.79 Å². The van der Waals surface area contributed by atoms with Gasteiger partial charge in [-0.1, -0.05) is 25.5 Å². The molecular weight excluding hydrogens is 456 g/mol. The number of amides is 1. The second-order valence-electron chi connectivity index (χ2n) is 8.53. The van der Waals surface area contributed by atoms with E-state index in [1.54, 1.807) is 11.3 Å². The summed E-state index contributed by atoms with van der Waals surface area (Å²) in [5.74, 6) is 1.48. The number of carbonyl (C=O) groups excluding carboxylic acids is 1. The molecule has 0 fully saturated rings. The van der Waals surface area contributed by atoms with Crippen molar-refractivity contribution < 1.29 is 14.3 Å². The second-order valence-corrected chi connectivity index (χ2v) is 9.56. The Morgan fingerprint density at radius 2 is 1.80 bits per heavy atom. The molecule has 1 heterocycles. The highest BCUT2D eigenvalue weighted by Gasteiger charge is 2.10. The van der Waals surface area contributed by atoms with Crippen molar-refractivity contribution >= 4 is 33.1 Å². The highest BCUT2D eigenvalue weighted by Crippen LogP contribution is 2.32. The minimum absolute atomic E-state index is 0.0190. The number of unbranched alkanes of at least 4 members (excludes halogenated alkanes) is 1. The molecule has 1 N–H and O–H groups in total. The molecule has 0 spiro atoms. The van der Waals surface area contributed by atoms with E-state index in [-0.39, 0.29) is 5.91 Å². The fourth-order valence-electron chi connectivity index (χ4n) is 3.75. The summed E-state index contributed by atoms with van der Waals surface area (Å²) >= 11 is 1.68. The smallest absolute Gasteiger partial charge is 0.224 e. The van der Waals surface area contributed by atoms with Gasteiger partial charge in [-0.25, -0.2) is 4.98 Å². The third-order valence-electron chi connectivity index (χ3n) is 5.66. The first-order chi connectivity index (χ1) is 17.1. The molecule has 0 aliphatic heterocycles. The Balaban J connectivity index is 1.34. The Labute approximate surface area is 211 Å². The van der Waals surface area contributed by atoms with Gasteiger partial charge < -0.3 is 14.8 Å². The quantitative estimate of drug-likeness (QED) is 0.223. The van der Waals surface area contributed by atoms with Crippen LogP contribution in [0, 0.1) is 6.92 Å². The number of carbonyl (C=O) groups is 1. The van der Waals surface area contributed by atoms with Crippen LogP contribution in [-0.2, 0) is 11.2 Å². The lowest BCUT2D eigenvalue weighted by molar-refractivity contribution is -0.116. The van der Waals surface area contributed by atoms with E-state index in [1.807, 2.05) is 49.4 Å². The van der Waals surface area contributed by atoms with E-state index in [1.165, 1.54) is 10.3 Å². The van der Waals surface area contributed by atoms with Crippen molar-refractivity contribution in [1.29, 1.82) is 0 Å². The zero-order chi connectivity index (χ0) is 24.6. The molecule has 0 aliphatic carbocycles. The van der Waals surface area contributed by atoms with Crippen molar-refractivity contribution in [2.75, 3.05) is 18.5 Å². The average Bonchev–Trinajstić information content (AvgIpc) is 3.28. The molecule has 182 valence electrons. The van der Waals surface area contributed by atoms with Gasteiger partial charge in [-0.15, -0.1) is 11.3 Å². The summed E-state index contributed by atoms with van der Waals surface area (Å²) in [5, 5.41) is 3.98. The largest absolute Gasteiger partial charge is 0.490 e. The molecule has 1 aromatic heterocycles. The topological polar surface area (TPSA) is 60.5 Å². The van der Waals surface area contributed by atoms with Gasteiger partial charge in [0.2, 0.25) is 5.91 Å². The number of rotatable bonds is 11. The minimum Gasteiger partial charge on any atom is -0.490 e. The van der Waals surface area contributed by atoms with Crippen LogP contribution in [0.3, 0.4) is 0 Å². The fourth-order valence-corrected chi connectivity index (χ4v) is 4.82. The molecule has 6 heteroatoms. The van der Waals surface area contributed by atoms with Gasteiger partial charge >= 0.3 is 0 Å². The molecule has 4 rings (SSSR count). The normalized spacial score (nSPS) is 10.9. The molecule has 0 unspecified atom stereocenters. The van der Waals surface area contributed by atoms with Gasteiger partial charge in [-0.3, -0.25) is 4.79 Å². The van der Waals surface area contributed by atoms with E-state index in [2.05, 4.69) is 37.4 Å². The first-order valence-corrected chi connectivity index (χ1v) is 13.0. The number of aromatic nitrogens is 1. The maximum absolute atomic E-state index is 12.6. The first-order valence-electron chi connectivity index (χ1n) is 12.2. The maximum atomic E-state index is 12.6. The molecule has 5 nitrogen and oxygen atoms in total. The van der Waals surface area contributed by atoms with Crippen LogP contribution >= 0.6 is 11.3 Å². The van der Waals surface area contributed by atoms with Gasteiger partial charge in [-0.05, 0) is 86.3 Å². The van der Waals surface area contributed by atoms with Crippen molar-refractivity contribution in [3.63, 3.8) is 0 Å². The van der Waals surface area contributed by atoms with Crippen molar-refractivity contribution in [2.45, 2.75) is 46.5 Å². The van der Waals surface area contributed by atoms with E-state index in [4.69, 9.17) is 14.5 Å². The molecule has 0 saturated carbocycles. The fraction of sp³-hybridized carbons (Fsp3) is 0.310. The molecule has 0 aliphatic rings. The van der Waals surface area contributed by atoms with E-state index >= 15 is 0 Å². The number of hydrogen-bond acceptors (Lipinski definition) is 5. The van der Waals surface area contributed by atoms with Crippen LogP contribution in [0.15, 0.2) is 60.7 Å². The van der Waals surface area contributed by atoms with Crippen molar-refractivity contribution in [3.8, 4) is 22.1 Å². The number of nitrogens with zero attached hydrogens (tertiary/aromatic N) is 1. The zero-order valence-electron chi connectivity index (χ0n) is 20.6. The molecule has 4 aromatic rings. The van der Waals surface area contributed by atoms with Crippen LogP contribution in [0.4, 0.5) is 5.69 Å². The summed E-state index contributed by atoms with van der Waals surface area (Å²) < 4.78 is 12.8. The predicted octanol–water partition coefficient (Wildman–Crippen LogP) is 7.42. The minimum atomic E-state index is -0.0190. The van der Waals surface area contributed by atoms with E-state index < -0.39 is 0 Å².